The molecule has 0 bridgehead atoms. The average molecular weight is 380 g/mol. The van der Waals surface area contributed by atoms with Crippen molar-refractivity contribution in [3.63, 3.8) is 0 Å². The molecule has 1 aromatic carbocycles. The summed E-state index contributed by atoms with van der Waals surface area (Å²) < 4.78 is 0.875. The third-order valence-corrected chi connectivity index (χ3v) is 3.77. The zero-order valence-electron chi connectivity index (χ0n) is 13.0. The largest absolute Gasteiger partial charge is 0.354 e. The third kappa shape index (κ3) is 4.38. The van der Waals surface area contributed by atoms with Crippen molar-refractivity contribution in [2.24, 2.45) is 0 Å². The molecule has 0 atom stereocenters. The summed E-state index contributed by atoms with van der Waals surface area (Å²) in [5, 5.41) is 14.5. The summed E-state index contributed by atoms with van der Waals surface area (Å²) in [5.74, 6) is 0.498. The number of anilines is 3. The molecule has 0 unspecified atom stereocenters. The Hall–Kier alpha value is -2.22. The second kappa shape index (κ2) is 7.87. The number of hydrogen-bond acceptors (Lipinski definition) is 6. The molecule has 0 spiro atoms. The highest BCUT2D eigenvalue weighted by Gasteiger charge is 2.25. The first kappa shape index (κ1) is 17.1. The average Bonchev–Trinajstić information content (AvgIpc) is 2.52. The number of halogens is 1. The van der Waals surface area contributed by atoms with Crippen molar-refractivity contribution < 1.29 is 4.92 Å². The zero-order chi connectivity index (χ0) is 16.8. The Balaban J connectivity index is 2.37. The second-order valence-electron chi connectivity index (χ2n) is 5.06. The van der Waals surface area contributed by atoms with Gasteiger partial charge in [-0.25, -0.2) is 9.97 Å². The van der Waals surface area contributed by atoms with Gasteiger partial charge < -0.3 is 10.2 Å². The van der Waals surface area contributed by atoms with Crippen molar-refractivity contribution >= 4 is 38.9 Å². The van der Waals surface area contributed by atoms with Gasteiger partial charge in [0.15, 0.2) is 0 Å². The van der Waals surface area contributed by atoms with Crippen molar-refractivity contribution in [1.29, 1.82) is 0 Å². The van der Waals surface area contributed by atoms with E-state index < -0.39 is 4.92 Å². The lowest BCUT2D eigenvalue weighted by Crippen LogP contribution is -2.21. The van der Waals surface area contributed by atoms with Crippen LogP contribution in [0.25, 0.3) is 0 Å². The van der Waals surface area contributed by atoms with Crippen LogP contribution in [0.5, 0.6) is 0 Å². The predicted molar refractivity (Wildman–Crippen MR) is 94.3 cm³/mol. The van der Waals surface area contributed by atoms with Crippen LogP contribution in [0, 0.1) is 10.1 Å². The van der Waals surface area contributed by atoms with Gasteiger partial charge in [0, 0.05) is 23.8 Å². The number of nitrogens with zero attached hydrogens (tertiary/aromatic N) is 4. The van der Waals surface area contributed by atoms with Crippen LogP contribution in [0.4, 0.5) is 23.0 Å². The lowest BCUT2D eigenvalue weighted by atomic mass is 10.3. The third-order valence-electron chi connectivity index (χ3n) is 3.28. The monoisotopic (exact) mass is 379 g/mol. The molecule has 0 aliphatic carbocycles. The second-order valence-corrected chi connectivity index (χ2v) is 5.98. The van der Waals surface area contributed by atoms with Gasteiger partial charge in [-0.15, -0.1) is 0 Å². The molecule has 2 rings (SSSR count). The van der Waals surface area contributed by atoms with Gasteiger partial charge in [0.25, 0.3) is 0 Å². The van der Waals surface area contributed by atoms with Crippen molar-refractivity contribution in [1.82, 2.24) is 9.97 Å². The highest BCUT2D eigenvalue weighted by Crippen LogP contribution is 2.33. The molecule has 7 nitrogen and oxygen atoms in total. The topological polar surface area (TPSA) is 84.2 Å². The summed E-state index contributed by atoms with van der Waals surface area (Å²) in [6.45, 7) is 2.77. The molecular formula is C15H18BrN5O2. The fourth-order valence-corrected chi connectivity index (χ4v) is 2.51. The Bertz CT molecular complexity index is 695. The fraction of sp³-hybridized carbons (Fsp3) is 0.333. The Kier molecular flexibility index (Phi) is 5.86. The molecule has 1 N–H and O–H groups in total. The van der Waals surface area contributed by atoms with Gasteiger partial charge in [-0.3, -0.25) is 10.1 Å². The molecule has 1 aromatic heterocycles. The standard InChI is InChI=1S/C15H18BrN5O2/c1-3-4-8-20(2)15-13(21(22)23)14(17-10-18-15)19-12-7-5-6-11(16)9-12/h5-7,9-10H,3-4,8H2,1-2H3,(H,17,18,19). The first-order valence-corrected chi connectivity index (χ1v) is 8.05. The minimum absolute atomic E-state index is 0.119. The molecule has 0 radical (unpaired) electrons. The van der Waals surface area contributed by atoms with Gasteiger partial charge in [0.2, 0.25) is 11.6 Å². The van der Waals surface area contributed by atoms with Gasteiger partial charge in [0.1, 0.15) is 6.33 Å². The van der Waals surface area contributed by atoms with Crippen molar-refractivity contribution in [2.75, 3.05) is 23.8 Å². The van der Waals surface area contributed by atoms with Crippen LogP contribution in [0.3, 0.4) is 0 Å². The van der Waals surface area contributed by atoms with E-state index in [1.54, 1.807) is 11.9 Å². The zero-order valence-corrected chi connectivity index (χ0v) is 14.6. The van der Waals surface area contributed by atoms with Crippen LogP contribution < -0.4 is 10.2 Å². The number of rotatable bonds is 7. The first-order chi connectivity index (χ1) is 11.0. The maximum atomic E-state index is 11.5. The summed E-state index contributed by atoms with van der Waals surface area (Å²) >= 11 is 3.37. The highest BCUT2D eigenvalue weighted by atomic mass is 79.9. The van der Waals surface area contributed by atoms with Crippen LogP contribution in [-0.2, 0) is 0 Å². The Labute approximate surface area is 143 Å². The number of aromatic nitrogens is 2. The highest BCUT2D eigenvalue weighted by molar-refractivity contribution is 9.10. The molecule has 1 heterocycles. The van der Waals surface area contributed by atoms with E-state index in [4.69, 9.17) is 0 Å². The van der Waals surface area contributed by atoms with Crippen LogP contribution in [0.2, 0.25) is 0 Å². The maximum absolute atomic E-state index is 11.5. The van der Waals surface area contributed by atoms with Crippen LogP contribution in [0.15, 0.2) is 35.1 Å². The number of unbranched alkanes of at least 4 members (excludes halogenated alkanes) is 1. The summed E-state index contributed by atoms with van der Waals surface area (Å²) in [4.78, 5) is 21.0. The van der Waals surface area contributed by atoms with Crippen LogP contribution >= 0.6 is 15.9 Å². The molecule has 8 heteroatoms. The van der Waals surface area contributed by atoms with E-state index >= 15 is 0 Å². The minimum Gasteiger partial charge on any atom is -0.354 e. The lowest BCUT2D eigenvalue weighted by molar-refractivity contribution is -0.383. The Morgan fingerprint density at radius 3 is 2.83 bits per heavy atom. The number of benzene rings is 1. The van der Waals surface area contributed by atoms with E-state index in [0.717, 1.165) is 17.3 Å². The first-order valence-electron chi connectivity index (χ1n) is 7.26. The van der Waals surface area contributed by atoms with Gasteiger partial charge in [-0.2, -0.15) is 0 Å². The SMILES string of the molecule is CCCCN(C)c1ncnc(Nc2cccc(Br)c2)c1[N+](=O)[O-]. The molecular weight excluding hydrogens is 362 g/mol. The summed E-state index contributed by atoms with van der Waals surface area (Å²) in [7, 11) is 1.80. The Morgan fingerprint density at radius 1 is 1.39 bits per heavy atom. The van der Waals surface area contributed by atoms with Gasteiger partial charge in [0.05, 0.1) is 4.92 Å². The predicted octanol–water partition coefficient (Wildman–Crippen LogP) is 4.13. The van der Waals surface area contributed by atoms with E-state index in [1.165, 1.54) is 6.33 Å². The molecule has 0 saturated heterocycles. The van der Waals surface area contributed by atoms with E-state index in [0.29, 0.717) is 18.1 Å². The minimum atomic E-state index is -0.446. The number of nitro groups is 1. The van der Waals surface area contributed by atoms with Crippen molar-refractivity contribution in [3.8, 4) is 0 Å². The Morgan fingerprint density at radius 2 is 2.17 bits per heavy atom. The molecule has 0 saturated carbocycles. The maximum Gasteiger partial charge on any atom is 0.353 e. The van der Waals surface area contributed by atoms with E-state index in [1.807, 2.05) is 24.3 Å². The van der Waals surface area contributed by atoms with Crippen LogP contribution in [0.1, 0.15) is 19.8 Å². The molecule has 0 fully saturated rings. The fourth-order valence-electron chi connectivity index (χ4n) is 2.11. The molecule has 0 aliphatic heterocycles. The van der Waals surface area contributed by atoms with Gasteiger partial charge in [-0.05, 0) is 24.6 Å². The molecule has 0 aliphatic rings. The quantitative estimate of drug-likeness (QED) is 0.575. The summed E-state index contributed by atoms with van der Waals surface area (Å²) in [6.07, 6.45) is 3.28. The van der Waals surface area contributed by atoms with Crippen molar-refractivity contribution in [2.45, 2.75) is 19.8 Å². The van der Waals surface area contributed by atoms with E-state index in [9.17, 15) is 10.1 Å². The molecule has 23 heavy (non-hydrogen) atoms. The summed E-state index contributed by atoms with van der Waals surface area (Å²) in [5.41, 5.74) is 0.592. The van der Waals surface area contributed by atoms with Gasteiger partial charge in [-0.1, -0.05) is 35.3 Å². The van der Waals surface area contributed by atoms with Crippen molar-refractivity contribution in [3.05, 3.63) is 45.2 Å². The van der Waals surface area contributed by atoms with E-state index in [2.05, 4.69) is 38.1 Å². The molecule has 122 valence electrons. The lowest BCUT2D eigenvalue weighted by Gasteiger charge is -2.18. The summed E-state index contributed by atoms with van der Waals surface area (Å²) in [6, 6.07) is 7.36. The normalized spacial score (nSPS) is 10.4. The smallest absolute Gasteiger partial charge is 0.353 e. The number of nitrogens with one attached hydrogen (secondary N) is 1. The molecule has 0 amide bonds. The molecule has 2 aromatic rings. The van der Waals surface area contributed by atoms with E-state index in [-0.39, 0.29) is 11.5 Å². The number of hydrogen-bond donors (Lipinski definition) is 1. The van der Waals surface area contributed by atoms with Crippen LogP contribution in [-0.4, -0.2) is 28.5 Å². The van der Waals surface area contributed by atoms with Gasteiger partial charge >= 0.3 is 5.69 Å².